The van der Waals surface area contributed by atoms with Crippen LogP contribution in [0.5, 0.6) is 0 Å². The normalized spacial score (nSPS) is 9.94. The third kappa shape index (κ3) is 2.86. The maximum absolute atomic E-state index is 13.0. The van der Waals surface area contributed by atoms with E-state index in [0.29, 0.717) is 5.56 Å². The maximum atomic E-state index is 13.0. The smallest absolute Gasteiger partial charge is 0.124 e. The van der Waals surface area contributed by atoms with Gasteiger partial charge in [-0.05, 0) is 48.9 Å². The highest BCUT2D eigenvalue weighted by Gasteiger charge is 2.02. The van der Waals surface area contributed by atoms with Gasteiger partial charge in [-0.25, -0.2) is 4.39 Å². The average Bonchev–Trinajstić information content (AvgIpc) is 2.29. The Morgan fingerprint density at radius 1 is 1.12 bits per heavy atom. The second kappa shape index (κ2) is 5.03. The quantitative estimate of drug-likeness (QED) is 0.790. The molecule has 17 heavy (non-hydrogen) atoms. The number of nitriles is 1. The molecule has 0 N–H and O–H groups in total. The third-order valence-electron chi connectivity index (χ3n) is 2.35. The fourth-order valence-electron chi connectivity index (χ4n) is 1.49. The van der Waals surface area contributed by atoms with Crippen LogP contribution in [0.1, 0.15) is 11.1 Å². The molecule has 0 aromatic heterocycles. The second-order valence-electron chi connectivity index (χ2n) is 3.65. The molecule has 0 spiro atoms. The van der Waals surface area contributed by atoms with Crippen molar-refractivity contribution in [1.82, 2.24) is 0 Å². The summed E-state index contributed by atoms with van der Waals surface area (Å²) in [4.78, 5) is 1.86. The lowest BCUT2D eigenvalue weighted by molar-refractivity contribution is 0.624. The van der Waals surface area contributed by atoms with Crippen LogP contribution in [-0.4, -0.2) is 0 Å². The molecule has 2 rings (SSSR count). The summed E-state index contributed by atoms with van der Waals surface area (Å²) < 4.78 is 13.0. The molecule has 0 fully saturated rings. The van der Waals surface area contributed by atoms with E-state index < -0.39 is 0 Å². The maximum Gasteiger partial charge on any atom is 0.124 e. The number of nitrogens with zero attached hydrogens (tertiary/aromatic N) is 1. The molecule has 0 atom stereocenters. The van der Waals surface area contributed by atoms with Gasteiger partial charge in [0.05, 0.1) is 11.6 Å². The van der Waals surface area contributed by atoms with Gasteiger partial charge in [-0.15, -0.1) is 0 Å². The molecule has 0 unspecified atom stereocenters. The number of rotatable bonds is 2. The van der Waals surface area contributed by atoms with Crippen LogP contribution in [0.25, 0.3) is 0 Å². The van der Waals surface area contributed by atoms with Crippen LogP contribution in [0.15, 0.2) is 52.3 Å². The van der Waals surface area contributed by atoms with E-state index >= 15 is 0 Å². The summed E-state index contributed by atoms with van der Waals surface area (Å²) in [5.74, 6) is -0.236. The van der Waals surface area contributed by atoms with Crippen LogP contribution in [0.3, 0.4) is 0 Å². The van der Waals surface area contributed by atoms with E-state index in [1.54, 1.807) is 12.1 Å². The van der Waals surface area contributed by atoms with Gasteiger partial charge >= 0.3 is 0 Å². The first-order chi connectivity index (χ1) is 8.19. The summed E-state index contributed by atoms with van der Waals surface area (Å²) in [5, 5.41) is 8.83. The fourth-order valence-corrected chi connectivity index (χ4v) is 2.45. The van der Waals surface area contributed by atoms with Crippen molar-refractivity contribution >= 4 is 11.8 Å². The summed E-state index contributed by atoms with van der Waals surface area (Å²) in [6.07, 6.45) is 0. The molecule has 2 aromatic carbocycles. The molecule has 2 aromatic rings. The standard InChI is InChI=1S/C14H10FNS/c1-10-7-14(6-5-11(10)9-16)17-13-4-2-3-12(15)8-13/h2-8H,1H3. The Labute approximate surface area is 104 Å². The lowest BCUT2D eigenvalue weighted by Gasteiger charge is -2.04. The molecule has 1 nitrogen and oxygen atoms in total. The van der Waals surface area contributed by atoms with Crippen molar-refractivity contribution in [2.45, 2.75) is 16.7 Å². The van der Waals surface area contributed by atoms with E-state index in [9.17, 15) is 4.39 Å². The van der Waals surface area contributed by atoms with E-state index in [0.717, 1.165) is 15.4 Å². The van der Waals surface area contributed by atoms with Crippen LogP contribution in [0.2, 0.25) is 0 Å². The van der Waals surface area contributed by atoms with Crippen molar-refractivity contribution in [3.05, 3.63) is 59.4 Å². The second-order valence-corrected chi connectivity index (χ2v) is 4.79. The number of benzene rings is 2. The van der Waals surface area contributed by atoms with Crippen molar-refractivity contribution in [3.63, 3.8) is 0 Å². The molecule has 0 saturated heterocycles. The molecule has 0 amide bonds. The van der Waals surface area contributed by atoms with Crippen LogP contribution >= 0.6 is 11.8 Å². The van der Waals surface area contributed by atoms with E-state index in [4.69, 9.17) is 5.26 Å². The lowest BCUT2D eigenvalue weighted by Crippen LogP contribution is -1.83. The largest absolute Gasteiger partial charge is 0.207 e. The molecule has 0 aliphatic carbocycles. The van der Waals surface area contributed by atoms with E-state index in [-0.39, 0.29) is 5.82 Å². The van der Waals surface area contributed by atoms with Crippen LogP contribution < -0.4 is 0 Å². The predicted molar refractivity (Wildman–Crippen MR) is 66.4 cm³/mol. The first kappa shape index (κ1) is 11.7. The zero-order valence-electron chi connectivity index (χ0n) is 9.27. The highest BCUT2D eigenvalue weighted by molar-refractivity contribution is 7.99. The zero-order valence-corrected chi connectivity index (χ0v) is 10.1. The van der Waals surface area contributed by atoms with Crippen LogP contribution in [0, 0.1) is 24.1 Å². The minimum Gasteiger partial charge on any atom is -0.207 e. The minimum atomic E-state index is -0.236. The Balaban J connectivity index is 2.25. The molecular weight excluding hydrogens is 233 g/mol. The van der Waals surface area contributed by atoms with Gasteiger partial charge < -0.3 is 0 Å². The molecule has 0 aliphatic rings. The van der Waals surface area contributed by atoms with Crippen LogP contribution in [0.4, 0.5) is 4.39 Å². The summed E-state index contributed by atoms with van der Waals surface area (Å²) in [6.45, 7) is 1.90. The Morgan fingerprint density at radius 2 is 1.88 bits per heavy atom. The molecule has 84 valence electrons. The molecule has 0 heterocycles. The first-order valence-corrected chi connectivity index (χ1v) is 5.95. The van der Waals surface area contributed by atoms with Crippen molar-refractivity contribution in [2.75, 3.05) is 0 Å². The minimum absolute atomic E-state index is 0.236. The molecule has 0 saturated carbocycles. The van der Waals surface area contributed by atoms with Crippen molar-refractivity contribution < 1.29 is 4.39 Å². The topological polar surface area (TPSA) is 23.8 Å². The molecule has 0 bridgehead atoms. The van der Waals surface area contributed by atoms with Gasteiger partial charge in [0, 0.05) is 9.79 Å². The lowest BCUT2D eigenvalue weighted by atomic mass is 10.1. The molecule has 3 heteroatoms. The van der Waals surface area contributed by atoms with Gasteiger partial charge in [-0.1, -0.05) is 17.8 Å². The molecule has 0 radical (unpaired) electrons. The summed E-state index contributed by atoms with van der Waals surface area (Å²) in [5.41, 5.74) is 1.61. The number of hydrogen-bond acceptors (Lipinski definition) is 2. The number of aryl methyl sites for hydroxylation is 1. The number of hydrogen-bond donors (Lipinski definition) is 0. The third-order valence-corrected chi connectivity index (χ3v) is 3.33. The molecule has 0 aliphatic heterocycles. The van der Waals surface area contributed by atoms with E-state index in [1.807, 2.05) is 25.1 Å². The monoisotopic (exact) mass is 243 g/mol. The summed E-state index contributed by atoms with van der Waals surface area (Å²) in [7, 11) is 0. The van der Waals surface area contributed by atoms with E-state index in [2.05, 4.69) is 6.07 Å². The predicted octanol–water partition coefficient (Wildman–Crippen LogP) is 4.16. The Kier molecular flexibility index (Phi) is 3.46. The highest BCUT2D eigenvalue weighted by Crippen LogP contribution is 2.29. The van der Waals surface area contributed by atoms with Crippen LogP contribution in [-0.2, 0) is 0 Å². The fraction of sp³-hybridized carbons (Fsp3) is 0.0714. The summed E-state index contributed by atoms with van der Waals surface area (Å²) >= 11 is 1.49. The van der Waals surface area contributed by atoms with Gasteiger partial charge in [-0.2, -0.15) is 5.26 Å². The number of halogens is 1. The van der Waals surface area contributed by atoms with Gasteiger partial charge in [0.15, 0.2) is 0 Å². The Bertz CT molecular complexity index is 587. The highest BCUT2D eigenvalue weighted by atomic mass is 32.2. The van der Waals surface area contributed by atoms with Crippen molar-refractivity contribution in [1.29, 1.82) is 5.26 Å². The first-order valence-electron chi connectivity index (χ1n) is 5.13. The van der Waals surface area contributed by atoms with Gasteiger partial charge in [0.1, 0.15) is 5.82 Å². The average molecular weight is 243 g/mol. The Hall–Kier alpha value is -1.79. The van der Waals surface area contributed by atoms with Gasteiger partial charge in [0.25, 0.3) is 0 Å². The Morgan fingerprint density at radius 3 is 2.53 bits per heavy atom. The van der Waals surface area contributed by atoms with Crippen molar-refractivity contribution in [2.24, 2.45) is 0 Å². The van der Waals surface area contributed by atoms with E-state index in [1.165, 1.54) is 23.9 Å². The zero-order chi connectivity index (χ0) is 12.3. The van der Waals surface area contributed by atoms with Gasteiger partial charge in [0.2, 0.25) is 0 Å². The van der Waals surface area contributed by atoms with Crippen molar-refractivity contribution in [3.8, 4) is 6.07 Å². The SMILES string of the molecule is Cc1cc(Sc2cccc(F)c2)ccc1C#N. The molecular formula is C14H10FNS. The van der Waals surface area contributed by atoms with Gasteiger partial charge in [-0.3, -0.25) is 0 Å². The summed E-state index contributed by atoms with van der Waals surface area (Å²) in [6, 6.07) is 14.2.